The number of thiophene rings is 1. The van der Waals surface area contributed by atoms with Crippen molar-refractivity contribution in [2.45, 2.75) is 25.8 Å². The van der Waals surface area contributed by atoms with Gasteiger partial charge in [-0.1, -0.05) is 0 Å². The summed E-state index contributed by atoms with van der Waals surface area (Å²) in [5.41, 5.74) is 4.63. The van der Waals surface area contributed by atoms with Gasteiger partial charge in [-0.05, 0) is 62.0 Å². The van der Waals surface area contributed by atoms with Crippen LogP contribution in [-0.4, -0.2) is 54.1 Å². The van der Waals surface area contributed by atoms with Crippen molar-refractivity contribution in [1.82, 2.24) is 14.9 Å². The smallest absolute Gasteiger partial charge is 0.229 e. The number of nitrogens with one attached hydrogen (secondary N) is 2. The van der Waals surface area contributed by atoms with E-state index >= 15 is 0 Å². The number of aromatic nitrogens is 2. The van der Waals surface area contributed by atoms with Crippen molar-refractivity contribution in [2.24, 2.45) is 0 Å². The summed E-state index contributed by atoms with van der Waals surface area (Å²) in [6, 6.07) is 9.18. The number of nitrogens with zero attached hydrogens (tertiary/aromatic N) is 4. The molecular weight excluding hydrogens is 368 g/mol. The Balaban J connectivity index is 1.37. The second kappa shape index (κ2) is 7.22. The van der Waals surface area contributed by atoms with Gasteiger partial charge < -0.3 is 20.4 Å². The molecule has 146 valence electrons. The van der Waals surface area contributed by atoms with Crippen LogP contribution >= 0.6 is 11.3 Å². The Labute approximate surface area is 169 Å². The molecule has 0 bridgehead atoms. The fourth-order valence-corrected chi connectivity index (χ4v) is 4.49. The third kappa shape index (κ3) is 3.64. The molecule has 0 spiro atoms. The van der Waals surface area contributed by atoms with Crippen molar-refractivity contribution in [3.8, 4) is 0 Å². The summed E-state index contributed by atoms with van der Waals surface area (Å²) in [5.74, 6) is 1.61. The molecule has 2 fully saturated rings. The average molecular weight is 395 g/mol. The zero-order valence-corrected chi connectivity index (χ0v) is 17.2. The van der Waals surface area contributed by atoms with Crippen LogP contribution in [0.5, 0.6) is 0 Å². The van der Waals surface area contributed by atoms with Gasteiger partial charge in [0, 0.05) is 43.6 Å². The van der Waals surface area contributed by atoms with Crippen LogP contribution in [0.3, 0.4) is 0 Å². The summed E-state index contributed by atoms with van der Waals surface area (Å²) >= 11 is 1.69. The van der Waals surface area contributed by atoms with Crippen LogP contribution in [0.2, 0.25) is 0 Å². The largest absolute Gasteiger partial charge is 0.369 e. The van der Waals surface area contributed by atoms with Crippen molar-refractivity contribution >= 4 is 44.7 Å². The molecule has 3 aromatic rings. The molecule has 28 heavy (non-hydrogen) atoms. The minimum atomic E-state index is 0.568. The molecule has 0 atom stereocenters. The van der Waals surface area contributed by atoms with Crippen molar-refractivity contribution < 1.29 is 0 Å². The molecule has 7 heteroatoms. The number of rotatable bonds is 5. The monoisotopic (exact) mass is 394 g/mol. The number of piperazine rings is 1. The third-order valence-electron chi connectivity index (χ3n) is 5.52. The number of aryl methyl sites for hydroxylation is 1. The highest BCUT2D eigenvalue weighted by Gasteiger charge is 2.23. The summed E-state index contributed by atoms with van der Waals surface area (Å²) in [7, 11) is 2.19. The molecule has 1 saturated heterocycles. The highest BCUT2D eigenvalue weighted by atomic mass is 32.1. The zero-order valence-electron chi connectivity index (χ0n) is 16.4. The number of likely N-dealkylation sites (N-methyl/N-ethyl adjacent to an activating group) is 1. The fraction of sp³-hybridized carbons (Fsp3) is 0.429. The lowest BCUT2D eigenvalue weighted by molar-refractivity contribution is 0.312. The van der Waals surface area contributed by atoms with E-state index in [0.29, 0.717) is 12.0 Å². The van der Waals surface area contributed by atoms with Gasteiger partial charge in [0.25, 0.3) is 0 Å². The van der Waals surface area contributed by atoms with Crippen LogP contribution in [-0.2, 0) is 0 Å². The molecule has 5 rings (SSSR count). The maximum atomic E-state index is 4.76. The minimum Gasteiger partial charge on any atom is -0.369 e. The van der Waals surface area contributed by atoms with E-state index in [1.54, 1.807) is 11.3 Å². The Morgan fingerprint density at radius 2 is 1.89 bits per heavy atom. The van der Waals surface area contributed by atoms with Crippen LogP contribution in [0.4, 0.5) is 23.1 Å². The van der Waals surface area contributed by atoms with Gasteiger partial charge in [-0.2, -0.15) is 4.98 Å². The molecule has 0 radical (unpaired) electrons. The van der Waals surface area contributed by atoms with E-state index in [9.17, 15) is 0 Å². The molecular formula is C21H26N6S. The van der Waals surface area contributed by atoms with E-state index in [1.165, 1.54) is 24.1 Å². The van der Waals surface area contributed by atoms with Gasteiger partial charge in [0.1, 0.15) is 5.82 Å². The molecule has 1 aliphatic heterocycles. The standard InChI is InChI=1S/C21H26N6S/c1-14-13-16(5-6-18(14)27-10-8-26(2)9-11-27)23-21-24-17-7-12-28-19(17)20(25-21)22-15-3-4-15/h5-7,12-13,15H,3-4,8-11H2,1-2H3,(H2,22,23,24,25). The molecule has 0 amide bonds. The number of fused-ring (bicyclic) bond motifs is 1. The number of hydrogen-bond donors (Lipinski definition) is 2. The first kappa shape index (κ1) is 17.7. The molecule has 6 nitrogen and oxygen atoms in total. The predicted octanol–water partition coefficient (Wildman–Crippen LogP) is 4.07. The van der Waals surface area contributed by atoms with E-state index < -0.39 is 0 Å². The summed E-state index contributed by atoms with van der Waals surface area (Å²) in [6.07, 6.45) is 2.46. The van der Waals surface area contributed by atoms with E-state index in [0.717, 1.165) is 47.9 Å². The Morgan fingerprint density at radius 1 is 1.07 bits per heavy atom. The lowest BCUT2D eigenvalue weighted by atomic mass is 10.1. The van der Waals surface area contributed by atoms with Gasteiger partial charge in [0.15, 0.2) is 0 Å². The van der Waals surface area contributed by atoms with Crippen molar-refractivity contribution in [3.63, 3.8) is 0 Å². The summed E-state index contributed by atoms with van der Waals surface area (Å²) < 4.78 is 1.14. The first-order chi connectivity index (χ1) is 13.7. The Kier molecular flexibility index (Phi) is 4.56. The Bertz CT molecular complexity index is 988. The van der Waals surface area contributed by atoms with E-state index in [-0.39, 0.29) is 0 Å². The molecule has 1 aliphatic carbocycles. The number of benzene rings is 1. The van der Waals surface area contributed by atoms with Gasteiger partial charge >= 0.3 is 0 Å². The summed E-state index contributed by atoms with van der Waals surface area (Å²) in [6.45, 7) is 6.58. The minimum absolute atomic E-state index is 0.568. The predicted molar refractivity (Wildman–Crippen MR) is 118 cm³/mol. The quantitative estimate of drug-likeness (QED) is 0.680. The highest BCUT2D eigenvalue weighted by Crippen LogP contribution is 2.33. The lowest BCUT2D eigenvalue weighted by Gasteiger charge is -2.35. The topological polar surface area (TPSA) is 56.3 Å². The van der Waals surface area contributed by atoms with Crippen LogP contribution in [0.15, 0.2) is 29.6 Å². The molecule has 3 heterocycles. The van der Waals surface area contributed by atoms with E-state index in [1.807, 2.05) is 0 Å². The van der Waals surface area contributed by atoms with Gasteiger partial charge in [0.2, 0.25) is 5.95 Å². The summed E-state index contributed by atoms with van der Waals surface area (Å²) in [4.78, 5) is 14.3. The summed E-state index contributed by atoms with van der Waals surface area (Å²) in [5, 5.41) is 9.04. The van der Waals surface area contributed by atoms with Crippen LogP contribution in [0.25, 0.3) is 10.2 Å². The van der Waals surface area contributed by atoms with Crippen LogP contribution in [0, 0.1) is 6.92 Å². The highest BCUT2D eigenvalue weighted by molar-refractivity contribution is 7.17. The Morgan fingerprint density at radius 3 is 2.64 bits per heavy atom. The van der Waals surface area contributed by atoms with Crippen molar-refractivity contribution in [3.05, 3.63) is 35.2 Å². The molecule has 2 aliphatic rings. The van der Waals surface area contributed by atoms with Gasteiger partial charge in [-0.25, -0.2) is 4.98 Å². The average Bonchev–Trinajstić information content (AvgIpc) is 3.36. The first-order valence-corrected chi connectivity index (χ1v) is 10.9. The van der Waals surface area contributed by atoms with Crippen molar-refractivity contribution in [1.29, 1.82) is 0 Å². The molecule has 0 unspecified atom stereocenters. The second-order valence-corrected chi connectivity index (χ2v) is 8.78. The number of hydrogen-bond acceptors (Lipinski definition) is 7. The molecule has 2 N–H and O–H groups in total. The van der Waals surface area contributed by atoms with Gasteiger partial charge in [0.05, 0.1) is 10.2 Å². The zero-order chi connectivity index (χ0) is 19.1. The van der Waals surface area contributed by atoms with E-state index in [4.69, 9.17) is 9.97 Å². The Hall–Kier alpha value is -2.38. The molecule has 2 aromatic heterocycles. The second-order valence-electron chi connectivity index (χ2n) is 7.87. The van der Waals surface area contributed by atoms with Gasteiger partial charge in [-0.15, -0.1) is 11.3 Å². The van der Waals surface area contributed by atoms with Crippen LogP contribution in [0.1, 0.15) is 18.4 Å². The number of anilines is 4. The van der Waals surface area contributed by atoms with Crippen LogP contribution < -0.4 is 15.5 Å². The molecule has 1 aromatic carbocycles. The SMILES string of the molecule is Cc1cc(Nc2nc(NC3CC3)c3sccc3n2)ccc1N1CCN(C)CC1. The van der Waals surface area contributed by atoms with E-state index in [2.05, 4.69) is 64.1 Å². The van der Waals surface area contributed by atoms with Crippen molar-refractivity contribution in [2.75, 3.05) is 48.8 Å². The lowest BCUT2D eigenvalue weighted by Crippen LogP contribution is -2.44. The first-order valence-electron chi connectivity index (χ1n) is 9.99. The maximum absolute atomic E-state index is 4.76. The molecule has 1 saturated carbocycles. The normalized spacial score (nSPS) is 17.9. The fourth-order valence-electron chi connectivity index (χ4n) is 3.70. The third-order valence-corrected chi connectivity index (χ3v) is 6.43. The maximum Gasteiger partial charge on any atom is 0.229 e. The van der Waals surface area contributed by atoms with Gasteiger partial charge in [-0.3, -0.25) is 0 Å².